The summed E-state index contributed by atoms with van der Waals surface area (Å²) in [7, 11) is 1.73. The highest BCUT2D eigenvalue weighted by Gasteiger charge is 2.20. The first-order valence-electron chi connectivity index (χ1n) is 7.24. The first-order valence-corrected chi connectivity index (χ1v) is 7.77. The number of amides is 1. The highest BCUT2D eigenvalue weighted by molar-refractivity contribution is 6.18. The highest BCUT2D eigenvalue weighted by Crippen LogP contribution is 2.11. The average molecular weight is 318 g/mol. The largest absolute Gasteiger partial charge is 0.445 e. The summed E-state index contributed by atoms with van der Waals surface area (Å²) >= 11 is 6.02. The van der Waals surface area contributed by atoms with Gasteiger partial charge in [-0.25, -0.2) is 4.79 Å². The molecule has 0 saturated heterocycles. The van der Waals surface area contributed by atoms with E-state index in [9.17, 15) is 4.79 Å². The van der Waals surface area contributed by atoms with Crippen LogP contribution in [-0.2, 0) is 17.8 Å². The molecule has 0 radical (unpaired) electrons. The van der Waals surface area contributed by atoms with Crippen molar-refractivity contribution in [3.05, 3.63) is 71.8 Å². The lowest BCUT2D eigenvalue weighted by Crippen LogP contribution is -2.40. The fraction of sp³-hybridized carbons (Fsp3) is 0.278. The molecule has 0 aliphatic rings. The normalized spacial score (nSPS) is 11.7. The summed E-state index contributed by atoms with van der Waals surface area (Å²) < 4.78 is 5.34. The first-order chi connectivity index (χ1) is 10.7. The zero-order valence-corrected chi connectivity index (χ0v) is 13.4. The molecule has 116 valence electrons. The zero-order valence-electron chi connectivity index (χ0n) is 12.6. The van der Waals surface area contributed by atoms with Gasteiger partial charge in [0.25, 0.3) is 0 Å². The van der Waals surface area contributed by atoms with E-state index in [2.05, 4.69) is 0 Å². The number of hydrogen-bond donors (Lipinski definition) is 0. The number of halogens is 1. The van der Waals surface area contributed by atoms with E-state index in [1.54, 1.807) is 11.9 Å². The van der Waals surface area contributed by atoms with Crippen molar-refractivity contribution in [2.45, 2.75) is 19.1 Å². The second-order valence-electron chi connectivity index (χ2n) is 5.15. The predicted octanol–water partition coefficient (Wildman–Crippen LogP) is 4.11. The minimum Gasteiger partial charge on any atom is -0.445 e. The molecular weight excluding hydrogens is 298 g/mol. The van der Waals surface area contributed by atoms with Gasteiger partial charge in [0.05, 0.1) is 6.04 Å². The molecule has 2 aromatic carbocycles. The van der Waals surface area contributed by atoms with Gasteiger partial charge in [0, 0.05) is 12.9 Å². The molecular formula is C18H20ClNO2. The number of benzene rings is 2. The summed E-state index contributed by atoms with van der Waals surface area (Å²) in [6.07, 6.45) is 0.354. The van der Waals surface area contributed by atoms with Gasteiger partial charge in [-0.2, -0.15) is 0 Å². The monoisotopic (exact) mass is 317 g/mol. The second-order valence-corrected chi connectivity index (χ2v) is 5.46. The molecule has 22 heavy (non-hydrogen) atoms. The van der Waals surface area contributed by atoms with E-state index in [0.29, 0.717) is 12.3 Å². The Morgan fingerprint density at radius 1 is 1.05 bits per heavy atom. The van der Waals surface area contributed by atoms with E-state index < -0.39 is 0 Å². The van der Waals surface area contributed by atoms with Crippen LogP contribution >= 0.6 is 11.6 Å². The SMILES string of the molecule is CN(C(=O)OCc1ccccc1)C(CCl)Cc1ccccc1. The Kier molecular flexibility index (Phi) is 6.28. The van der Waals surface area contributed by atoms with Crippen molar-refractivity contribution >= 4 is 17.7 Å². The summed E-state index contributed by atoms with van der Waals surface area (Å²) in [5.41, 5.74) is 2.12. The lowest BCUT2D eigenvalue weighted by Gasteiger charge is -2.26. The lowest BCUT2D eigenvalue weighted by molar-refractivity contribution is 0.0939. The molecule has 4 heteroatoms. The van der Waals surface area contributed by atoms with Gasteiger partial charge in [-0.3, -0.25) is 0 Å². The Morgan fingerprint density at radius 3 is 2.14 bits per heavy atom. The van der Waals surface area contributed by atoms with Crippen LogP contribution in [-0.4, -0.2) is 30.0 Å². The van der Waals surface area contributed by atoms with Gasteiger partial charge in [-0.1, -0.05) is 60.7 Å². The molecule has 1 atom stereocenters. The Morgan fingerprint density at radius 2 is 1.59 bits per heavy atom. The number of alkyl halides is 1. The van der Waals surface area contributed by atoms with Crippen molar-refractivity contribution in [1.29, 1.82) is 0 Å². The quantitative estimate of drug-likeness (QED) is 0.751. The Hall–Kier alpha value is -2.00. The maximum atomic E-state index is 12.2. The van der Waals surface area contributed by atoms with Crippen LogP contribution in [0.4, 0.5) is 4.79 Å². The van der Waals surface area contributed by atoms with Crippen LogP contribution in [0.25, 0.3) is 0 Å². The molecule has 2 rings (SSSR count). The summed E-state index contributed by atoms with van der Waals surface area (Å²) in [5.74, 6) is 0.367. The van der Waals surface area contributed by atoms with E-state index >= 15 is 0 Å². The molecule has 0 aliphatic heterocycles. The molecule has 0 bridgehead atoms. The molecule has 0 aliphatic carbocycles. The van der Waals surface area contributed by atoms with Crippen LogP contribution in [0.5, 0.6) is 0 Å². The fourth-order valence-corrected chi connectivity index (χ4v) is 2.47. The fourth-order valence-electron chi connectivity index (χ4n) is 2.15. The van der Waals surface area contributed by atoms with Crippen molar-refractivity contribution in [3.8, 4) is 0 Å². The summed E-state index contributed by atoms with van der Waals surface area (Å²) in [6, 6.07) is 19.5. The van der Waals surface area contributed by atoms with E-state index in [1.807, 2.05) is 60.7 Å². The minimum atomic E-state index is -0.356. The maximum Gasteiger partial charge on any atom is 0.410 e. The summed E-state index contributed by atoms with van der Waals surface area (Å²) in [5, 5.41) is 0. The van der Waals surface area contributed by atoms with Crippen molar-refractivity contribution in [3.63, 3.8) is 0 Å². The molecule has 0 spiro atoms. The lowest BCUT2D eigenvalue weighted by atomic mass is 10.1. The number of carbonyl (C=O) groups excluding carboxylic acids is 1. The van der Waals surface area contributed by atoms with Crippen molar-refractivity contribution in [2.24, 2.45) is 0 Å². The van der Waals surface area contributed by atoms with Gasteiger partial charge in [0.15, 0.2) is 0 Å². The van der Waals surface area contributed by atoms with E-state index in [4.69, 9.17) is 16.3 Å². The third-order valence-corrected chi connectivity index (χ3v) is 3.89. The Labute approximate surface area is 136 Å². The van der Waals surface area contributed by atoms with E-state index in [1.165, 1.54) is 0 Å². The van der Waals surface area contributed by atoms with Gasteiger partial charge in [0.1, 0.15) is 6.61 Å². The van der Waals surface area contributed by atoms with Crippen molar-refractivity contribution < 1.29 is 9.53 Å². The van der Waals surface area contributed by atoms with Crippen LogP contribution in [0, 0.1) is 0 Å². The smallest absolute Gasteiger partial charge is 0.410 e. The first kappa shape index (κ1) is 16.4. The van der Waals surface area contributed by atoms with E-state index in [0.717, 1.165) is 11.1 Å². The predicted molar refractivity (Wildman–Crippen MR) is 89.0 cm³/mol. The van der Waals surface area contributed by atoms with Gasteiger partial charge < -0.3 is 9.64 Å². The van der Waals surface area contributed by atoms with Gasteiger partial charge >= 0.3 is 6.09 Å². The van der Waals surface area contributed by atoms with Gasteiger partial charge in [0.2, 0.25) is 0 Å². The zero-order chi connectivity index (χ0) is 15.8. The third-order valence-electron chi connectivity index (χ3n) is 3.53. The molecule has 0 saturated carbocycles. The number of hydrogen-bond acceptors (Lipinski definition) is 2. The molecule has 0 fully saturated rings. The van der Waals surface area contributed by atoms with Crippen molar-refractivity contribution in [2.75, 3.05) is 12.9 Å². The molecule has 2 aromatic rings. The van der Waals surface area contributed by atoms with Crippen LogP contribution in [0.2, 0.25) is 0 Å². The molecule has 0 N–H and O–H groups in total. The number of ether oxygens (including phenoxy) is 1. The Balaban J connectivity index is 1.90. The number of carbonyl (C=O) groups is 1. The highest BCUT2D eigenvalue weighted by atomic mass is 35.5. The van der Waals surface area contributed by atoms with Crippen LogP contribution < -0.4 is 0 Å². The third kappa shape index (κ3) is 4.78. The molecule has 1 amide bonds. The Bertz CT molecular complexity index is 574. The minimum absolute atomic E-state index is 0.0904. The molecule has 3 nitrogen and oxygen atoms in total. The standard InChI is InChI=1S/C18H20ClNO2/c1-20(17(13-19)12-15-8-4-2-5-9-15)18(21)22-14-16-10-6-3-7-11-16/h2-11,17H,12-14H2,1H3. The van der Waals surface area contributed by atoms with Crippen LogP contribution in [0.15, 0.2) is 60.7 Å². The number of likely N-dealkylation sites (N-methyl/N-ethyl adjacent to an activating group) is 1. The average Bonchev–Trinajstić information content (AvgIpc) is 2.58. The second kappa shape index (κ2) is 8.44. The number of nitrogens with zero attached hydrogens (tertiary/aromatic N) is 1. The molecule has 1 unspecified atom stereocenters. The van der Waals surface area contributed by atoms with E-state index in [-0.39, 0.29) is 18.7 Å². The summed E-state index contributed by atoms with van der Waals surface area (Å²) in [6.45, 7) is 0.268. The maximum absolute atomic E-state index is 12.2. The van der Waals surface area contributed by atoms with Gasteiger partial charge in [-0.05, 0) is 17.5 Å². The van der Waals surface area contributed by atoms with Crippen molar-refractivity contribution in [1.82, 2.24) is 4.90 Å². The van der Waals surface area contributed by atoms with Crippen LogP contribution in [0.1, 0.15) is 11.1 Å². The molecule has 0 aromatic heterocycles. The van der Waals surface area contributed by atoms with Gasteiger partial charge in [-0.15, -0.1) is 11.6 Å². The molecule has 0 heterocycles. The topological polar surface area (TPSA) is 29.5 Å². The van der Waals surface area contributed by atoms with Crippen LogP contribution in [0.3, 0.4) is 0 Å². The number of rotatable bonds is 6. The summed E-state index contributed by atoms with van der Waals surface area (Å²) in [4.78, 5) is 13.7.